The number of nitrogens with zero attached hydrogens (tertiary/aromatic N) is 3. The van der Waals surface area contributed by atoms with Gasteiger partial charge in [0.2, 0.25) is 17.6 Å². The summed E-state index contributed by atoms with van der Waals surface area (Å²) >= 11 is 0. The molecule has 1 aromatic heterocycles. The van der Waals surface area contributed by atoms with Crippen molar-refractivity contribution in [3.05, 3.63) is 36.0 Å². The highest BCUT2D eigenvalue weighted by molar-refractivity contribution is 5.78. The molecule has 166 valence electrons. The Bertz CT molecular complexity index is 915. The Hall–Kier alpha value is -2.28. The molecule has 0 radical (unpaired) electrons. The maximum Gasteiger partial charge on any atom is 0.234 e. The van der Waals surface area contributed by atoms with Gasteiger partial charge in [-0.15, -0.1) is 0 Å². The molecule has 2 heterocycles. The predicted molar refractivity (Wildman–Crippen MR) is 115 cm³/mol. The number of amides is 1. The van der Waals surface area contributed by atoms with E-state index in [1.165, 1.54) is 37.8 Å². The van der Waals surface area contributed by atoms with E-state index in [-0.39, 0.29) is 23.7 Å². The Morgan fingerprint density at radius 1 is 1.26 bits per heavy atom. The first kappa shape index (κ1) is 20.6. The second-order valence-electron chi connectivity index (χ2n) is 9.73. The zero-order chi connectivity index (χ0) is 21.4. The number of nitrogens with one attached hydrogen (secondary N) is 1. The summed E-state index contributed by atoms with van der Waals surface area (Å²) in [7, 11) is 0. The van der Waals surface area contributed by atoms with E-state index < -0.39 is 0 Å². The van der Waals surface area contributed by atoms with Crippen molar-refractivity contribution < 1.29 is 13.7 Å². The van der Waals surface area contributed by atoms with Crippen LogP contribution in [0.1, 0.15) is 57.3 Å². The molecule has 6 nitrogen and oxygen atoms in total. The number of carbonyl (C=O) groups is 1. The summed E-state index contributed by atoms with van der Waals surface area (Å²) in [5, 5.41) is 7.35. The van der Waals surface area contributed by atoms with Gasteiger partial charge in [0.25, 0.3) is 0 Å². The van der Waals surface area contributed by atoms with Gasteiger partial charge in [0.05, 0.1) is 12.5 Å². The normalized spacial score (nSPS) is 29.2. The van der Waals surface area contributed by atoms with Crippen LogP contribution in [0.4, 0.5) is 4.39 Å². The lowest BCUT2D eigenvalue weighted by molar-refractivity contribution is -0.123. The molecule has 2 aromatic rings. The summed E-state index contributed by atoms with van der Waals surface area (Å²) in [6.45, 7) is 4.24. The molecule has 5 rings (SSSR count). The fraction of sp³-hybridized carbons (Fsp3) is 0.625. The van der Waals surface area contributed by atoms with Crippen molar-refractivity contribution in [1.82, 2.24) is 20.4 Å². The first-order valence-electron chi connectivity index (χ1n) is 11.7. The third-order valence-corrected chi connectivity index (χ3v) is 7.59. The van der Waals surface area contributed by atoms with Crippen molar-refractivity contribution >= 4 is 5.91 Å². The Morgan fingerprint density at radius 2 is 2.10 bits per heavy atom. The second kappa shape index (κ2) is 8.69. The Labute approximate surface area is 182 Å². The molecule has 31 heavy (non-hydrogen) atoms. The fourth-order valence-corrected chi connectivity index (χ4v) is 6.03. The van der Waals surface area contributed by atoms with Crippen LogP contribution in [-0.2, 0) is 4.79 Å². The summed E-state index contributed by atoms with van der Waals surface area (Å²) in [4.78, 5) is 19.4. The van der Waals surface area contributed by atoms with Gasteiger partial charge in [0.1, 0.15) is 5.82 Å². The number of fused-ring (bicyclic) bond motifs is 2. The molecule has 2 aliphatic carbocycles. The van der Waals surface area contributed by atoms with Crippen LogP contribution in [0.5, 0.6) is 0 Å². The van der Waals surface area contributed by atoms with E-state index in [1.54, 1.807) is 12.1 Å². The minimum atomic E-state index is -0.288. The van der Waals surface area contributed by atoms with E-state index in [0.717, 1.165) is 43.3 Å². The second-order valence-corrected chi connectivity index (χ2v) is 9.73. The van der Waals surface area contributed by atoms with Gasteiger partial charge in [0.15, 0.2) is 0 Å². The molecule has 7 heteroatoms. The first-order chi connectivity index (χ1) is 15.0. The van der Waals surface area contributed by atoms with Gasteiger partial charge in [-0.1, -0.05) is 11.6 Å². The fourth-order valence-electron chi connectivity index (χ4n) is 6.03. The van der Waals surface area contributed by atoms with E-state index in [2.05, 4.69) is 27.3 Å². The smallest absolute Gasteiger partial charge is 0.234 e. The van der Waals surface area contributed by atoms with Gasteiger partial charge in [-0.2, -0.15) is 4.98 Å². The molecule has 0 spiro atoms. The molecule has 5 unspecified atom stereocenters. The van der Waals surface area contributed by atoms with Gasteiger partial charge < -0.3 is 9.84 Å². The topological polar surface area (TPSA) is 71.3 Å². The standard InChI is InChI=1S/C24H31FN4O2/c1-15(21-12-16-4-5-18(21)11-16)26-22(30)14-29-10-2-3-19(13-29)24-27-23(28-31-24)17-6-8-20(25)9-7-17/h6-9,15-16,18-19,21H,2-5,10-14H2,1H3,(H,26,30). The van der Waals surface area contributed by atoms with Crippen LogP contribution in [0.2, 0.25) is 0 Å². The average molecular weight is 427 g/mol. The molecule has 1 amide bonds. The van der Waals surface area contributed by atoms with Gasteiger partial charge in [-0.3, -0.25) is 9.69 Å². The van der Waals surface area contributed by atoms with Crippen LogP contribution in [0.15, 0.2) is 28.8 Å². The van der Waals surface area contributed by atoms with Gasteiger partial charge in [0, 0.05) is 18.2 Å². The Kier molecular flexibility index (Phi) is 5.78. The molecular formula is C24H31FN4O2. The number of aromatic nitrogens is 2. The van der Waals surface area contributed by atoms with E-state index in [0.29, 0.717) is 24.2 Å². The number of likely N-dealkylation sites (tertiary alicyclic amines) is 1. The highest BCUT2D eigenvalue weighted by Crippen LogP contribution is 2.49. The van der Waals surface area contributed by atoms with Crippen LogP contribution in [0.3, 0.4) is 0 Å². The molecular weight excluding hydrogens is 395 g/mol. The molecule has 3 aliphatic rings. The van der Waals surface area contributed by atoms with E-state index in [9.17, 15) is 9.18 Å². The molecule has 5 atom stereocenters. The molecule has 1 saturated heterocycles. The minimum Gasteiger partial charge on any atom is -0.352 e. The van der Waals surface area contributed by atoms with Crippen LogP contribution >= 0.6 is 0 Å². The molecule has 1 N–H and O–H groups in total. The third-order valence-electron chi connectivity index (χ3n) is 7.59. The van der Waals surface area contributed by atoms with Crippen molar-refractivity contribution in [2.75, 3.05) is 19.6 Å². The molecule has 2 saturated carbocycles. The van der Waals surface area contributed by atoms with E-state index in [4.69, 9.17) is 4.52 Å². The zero-order valence-electron chi connectivity index (χ0n) is 18.1. The summed E-state index contributed by atoms with van der Waals surface area (Å²) in [5.74, 6) is 3.38. The Morgan fingerprint density at radius 3 is 2.84 bits per heavy atom. The number of carbonyl (C=O) groups excluding carboxylic acids is 1. The number of piperidine rings is 1. The minimum absolute atomic E-state index is 0.117. The van der Waals surface area contributed by atoms with Crippen molar-refractivity contribution in [2.45, 2.75) is 57.4 Å². The quantitative estimate of drug-likeness (QED) is 0.756. The first-order valence-corrected chi connectivity index (χ1v) is 11.7. The monoisotopic (exact) mass is 426 g/mol. The zero-order valence-corrected chi connectivity index (χ0v) is 18.1. The third kappa shape index (κ3) is 4.52. The maximum absolute atomic E-state index is 13.1. The highest BCUT2D eigenvalue weighted by atomic mass is 19.1. The Balaban J connectivity index is 1.15. The van der Waals surface area contributed by atoms with Crippen LogP contribution < -0.4 is 5.32 Å². The van der Waals surface area contributed by atoms with Crippen LogP contribution in [-0.4, -0.2) is 46.6 Å². The summed E-state index contributed by atoms with van der Waals surface area (Å²) in [5.41, 5.74) is 0.734. The summed E-state index contributed by atoms with van der Waals surface area (Å²) in [6, 6.07) is 6.35. The van der Waals surface area contributed by atoms with Gasteiger partial charge in [-0.05, 0) is 87.6 Å². The maximum atomic E-state index is 13.1. The van der Waals surface area contributed by atoms with Crippen molar-refractivity contribution in [1.29, 1.82) is 0 Å². The molecule has 2 bridgehead atoms. The molecule has 1 aromatic carbocycles. The number of halogens is 1. The lowest BCUT2D eigenvalue weighted by atomic mass is 9.84. The SMILES string of the molecule is CC(NC(=O)CN1CCCC(c2nc(-c3ccc(F)cc3)no2)C1)C1CC2CCC1C2. The van der Waals surface area contributed by atoms with Crippen LogP contribution in [0.25, 0.3) is 11.4 Å². The average Bonchev–Trinajstić information content (AvgIpc) is 3.51. The molecule has 1 aliphatic heterocycles. The van der Waals surface area contributed by atoms with Crippen molar-refractivity contribution in [3.63, 3.8) is 0 Å². The van der Waals surface area contributed by atoms with Crippen LogP contribution in [0, 0.1) is 23.6 Å². The summed E-state index contributed by atoms with van der Waals surface area (Å²) in [6.07, 6.45) is 7.33. The van der Waals surface area contributed by atoms with E-state index >= 15 is 0 Å². The number of hydrogen-bond acceptors (Lipinski definition) is 5. The van der Waals surface area contributed by atoms with E-state index in [1.807, 2.05) is 0 Å². The number of benzene rings is 1. The highest BCUT2D eigenvalue weighted by Gasteiger charge is 2.42. The van der Waals surface area contributed by atoms with Crippen molar-refractivity contribution in [3.8, 4) is 11.4 Å². The predicted octanol–water partition coefficient (Wildman–Crippen LogP) is 4.00. The van der Waals surface area contributed by atoms with Crippen molar-refractivity contribution in [2.24, 2.45) is 17.8 Å². The van der Waals surface area contributed by atoms with Gasteiger partial charge >= 0.3 is 0 Å². The largest absolute Gasteiger partial charge is 0.352 e. The lowest BCUT2D eigenvalue weighted by Crippen LogP contribution is -2.46. The number of hydrogen-bond donors (Lipinski definition) is 1. The lowest BCUT2D eigenvalue weighted by Gasteiger charge is -2.32. The van der Waals surface area contributed by atoms with Gasteiger partial charge in [-0.25, -0.2) is 4.39 Å². The number of rotatable bonds is 6. The summed E-state index contributed by atoms with van der Waals surface area (Å²) < 4.78 is 18.7. The molecule has 3 fully saturated rings.